The quantitative estimate of drug-likeness (QED) is 0.331. The van der Waals surface area contributed by atoms with Gasteiger partial charge >= 0.3 is 5.97 Å². The predicted molar refractivity (Wildman–Crippen MR) is 123 cm³/mol. The van der Waals surface area contributed by atoms with Crippen molar-refractivity contribution in [2.45, 2.75) is 56.2 Å². The number of alkyl halides is 1. The number of hydrogen-bond donors (Lipinski definition) is 4. The zero-order chi connectivity index (χ0) is 24.7. The highest BCUT2D eigenvalue weighted by Crippen LogP contribution is 2.51. The van der Waals surface area contributed by atoms with E-state index in [0.717, 1.165) is 0 Å². The normalized spacial score (nSPS) is 33.7. The minimum atomic E-state index is -1.15. The molecule has 0 radical (unpaired) electrons. The van der Waals surface area contributed by atoms with Gasteiger partial charge in [-0.05, 0) is 26.8 Å². The van der Waals surface area contributed by atoms with Crippen LogP contribution in [0.15, 0.2) is 10.6 Å². The van der Waals surface area contributed by atoms with Crippen LogP contribution in [0.2, 0.25) is 0 Å². The molecule has 188 valence electrons. The largest absolute Gasteiger partial charge is 0.477 e. The molecule has 0 bridgehead atoms. The Bertz CT molecular complexity index is 916. The summed E-state index contributed by atoms with van der Waals surface area (Å²) in [4.78, 5) is 53.3. The topological polar surface area (TPSA) is 131 Å². The maximum Gasteiger partial charge on any atom is 0.353 e. The van der Waals surface area contributed by atoms with Crippen molar-refractivity contribution < 1.29 is 28.7 Å². The van der Waals surface area contributed by atoms with Crippen LogP contribution in [0.25, 0.3) is 0 Å². The van der Waals surface area contributed by atoms with Crippen LogP contribution in [0.5, 0.6) is 0 Å². The van der Waals surface area contributed by atoms with Gasteiger partial charge < -0.3 is 30.9 Å². The van der Waals surface area contributed by atoms with Gasteiger partial charge in [-0.25, -0.2) is 9.18 Å². The summed E-state index contributed by atoms with van der Waals surface area (Å²) < 4.78 is 13.5. The van der Waals surface area contributed by atoms with E-state index in [-0.39, 0.29) is 53.7 Å². The Morgan fingerprint density at radius 2 is 2.09 bits per heavy atom. The van der Waals surface area contributed by atoms with Gasteiger partial charge in [0.2, 0.25) is 17.7 Å². The molecule has 34 heavy (non-hydrogen) atoms. The van der Waals surface area contributed by atoms with E-state index in [1.165, 1.54) is 16.7 Å². The second-order valence-electron chi connectivity index (χ2n) is 9.52. The summed E-state index contributed by atoms with van der Waals surface area (Å²) in [6, 6.07) is -1.17. The minimum Gasteiger partial charge on any atom is -0.477 e. The number of rotatable bonds is 8. The highest BCUT2D eigenvalue weighted by atomic mass is 32.2. The molecule has 3 saturated heterocycles. The van der Waals surface area contributed by atoms with Crippen molar-refractivity contribution in [1.82, 2.24) is 25.8 Å². The molecule has 10 nitrogen and oxygen atoms in total. The molecule has 12 heteroatoms. The Morgan fingerprint density at radius 1 is 1.35 bits per heavy atom. The van der Waals surface area contributed by atoms with Crippen LogP contribution < -0.4 is 16.0 Å². The molecule has 3 amide bonds. The van der Waals surface area contributed by atoms with Gasteiger partial charge in [-0.3, -0.25) is 14.4 Å². The molecule has 0 aliphatic carbocycles. The number of fused-ring (bicyclic) bond motifs is 1. The number of likely N-dealkylation sites (N-methyl/N-ethyl adjacent to an activating group) is 1. The van der Waals surface area contributed by atoms with Crippen molar-refractivity contribution in [3.05, 3.63) is 10.6 Å². The number of nitrogens with zero attached hydrogens (tertiary/aromatic N) is 2. The molecule has 0 aromatic carbocycles. The van der Waals surface area contributed by atoms with E-state index in [1.807, 2.05) is 6.92 Å². The first-order chi connectivity index (χ1) is 16.1. The third-order valence-electron chi connectivity index (χ3n) is 7.18. The monoisotopic (exact) mass is 497 g/mol. The molecule has 0 aromatic heterocycles. The minimum absolute atomic E-state index is 0.00657. The summed E-state index contributed by atoms with van der Waals surface area (Å²) in [7, 11) is 1.66. The van der Waals surface area contributed by atoms with Crippen molar-refractivity contribution in [3.8, 4) is 0 Å². The van der Waals surface area contributed by atoms with Crippen LogP contribution >= 0.6 is 11.8 Å². The first-order valence-corrected chi connectivity index (χ1v) is 12.6. The van der Waals surface area contributed by atoms with Gasteiger partial charge in [0.1, 0.15) is 11.9 Å². The Balaban J connectivity index is 1.43. The van der Waals surface area contributed by atoms with E-state index < -0.39 is 30.1 Å². The Morgan fingerprint density at radius 3 is 2.71 bits per heavy atom. The molecule has 0 aromatic rings. The smallest absolute Gasteiger partial charge is 0.353 e. The lowest BCUT2D eigenvalue weighted by atomic mass is 9.78. The molecular formula is C22H32FN5O5S. The van der Waals surface area contributed by atoms with E-state index in [4.69, 9.17) is 0 Å². The first-order valence-electron chi connectivity index (χ1n) is 11.7. The van der Waals surface area contributed by atoms with Crippen molar-refractivity contribution in [1.29, 1.82) is 0 Å². The third-order valence-corrected chi connectivity index (χ3v) is 8.69. The highest BCUT2D eigenvalue weighted by Gasteiger charge is 2.60. The lowest BCUT2D eigenvalue weighted by molar-refractivity contribution is -0.158. The molecule has 0 saturated carbocycles. The fourth-order valence-electron chi connectivity index (χ4n) is 5.55. The maximum absolute atomic E-state index is 13.5. The van der Waals surface area contributed by atoms with Gasteiger partial charge in [-0.2, -0.15) is 0 Å². The zero-order valence-electron chi connectivity index (χ0n) is 19.5. The predicted octanol–water partition coefficient (Wildman–Crippen LogP) is -0.482. The summed E-state index contributed by atoms with van der Waals surface area (Å²) >= 11 is 1.41. The fourth-order valence-corrected chi connectivity index (χ4v) is 7.03. The van der Waals surface area contributed by atoms with Crippen molar-refractivity contribution in [2.24, 2.45) is 11.8 Å². The lowest BCUT2D eigenvalue weighted by Crippen LogP contribution is -2.66. The SMILES string of the molecule is CNCC(=O)N[C@H](C)[C@H]1C(=O)N2C(C(=O)O)=C(SC3CN[C@H](C(=O)N4CC[C@H](F)C4)C3)[C@H](C)[C@H]12. The number of likely N-dealkylation sites (tertiary alicyclic amines) is 1. The van der Waals surface area contributed by atoms with Crippen LogP contribution in [-0.4, -0.2) is 101 Å². The molecule has 4 heterocycles. The number of hydrogen-bond acceptors (Lipinski definition) is 7. The van der Waals surface area contributed by atoms with Gasteiger partial charge in [-0.15, -0.1) is 11.8 Å². The Kier molecular flexibility index (Phi) is 7.20. The van der Waals surface area contributed by atoms with Gasteiger partial charge in [-0.1, -0.05) is 6.92 Å². The van der Waals surface area contributed by atoms with Crippen LogP contribution in [0.4, 0.5) is 4.39 Å². The molecule has 0 spiro atoms. The average Bonchev–Trinajstić information content (AvgIpc) is 3.46. The van der Waals surface area contributed by atoms with E-state index in [9.17, 15) is 28.7 Å². The van der Waals surface area contributed by atoms with E-state index in [1.54, 1.807) is 18.9 Å². The summed E-state index contributed by atoms with van der Waals surface area (Å²) in [5.41, 5.74) is 0.00657. The summed E-state index contributed by atoms with van der Waals surface area (Å²) in [5.74, 6) is -2.49. The summed E-state index contributed by atoms with van der Waals surface area (Å²) in [5, 5.41) is 18.7. The van der Waals surface area contributed by atoms with E-state index >= 15 is 0 Å². The average molecular weight is 498 g/mol. The Labute approximate surface area is 202 Å². The van der Waals surface area contributed by atoms with Crippen molar-refractivity contribution >= 4 is 35.5 Å². The van der Waals surface area contributed by atoms with Gasteiger partial charge in [0.05, 0.1) is 31.1 Å². The van der Waals surface area contributed by atoms with E-state index in [0.29, 0.717) is 30.8 Å². The first kappa shape index (κ1) is 24.9. The van der Waals surface area contributed by atoms with Crippen LogP contribution in [-0.2, 0) is 19.2 Å². The number of carbonyl (C=O) groups excluding carboxylic acids is 3. The molecule has 4 N–H and O–H groups in total. The number of carboxylic acid groups (broad SMARTS) is 1. The van der Waals surface area contributed by atoms with Crippen molar-refractivity contribution in [3.63, 3.8) is 0 Å². The van der Waals surface area contributed by atoms with Gasteiger partial charge in [0.25, 0.3) is 0 Å². The summed E-state index contributed by atoms with van der Waals surface area (Å²) in [6.07, 6.45) is -0.0967. The number of nitrogens with one attached hydrogen (secondary N) is 3. The number of halogens is 1. The molecule has 1 unspecified atom stereocenters. The zero-order valence-corrected chi connectivity index (χ0v) is 20.4. The lowest BCUT2D eigenvalue weighted by Gasteiger charge is -2.47. The van der Waals surface area contributed by atoms with Gasteiger partial charge in [0, 0.05) is 35.2 Å². The molecule has 4 aliphatic rings. The highest BCUT2D eigenvalue weighted by molar-refractivity contribution is 8.03. The second-order valence-corrected chi connectivity index (χ2v) is 10.9. The Hall–Kier alpha value is -2.18. The van der Waals surface area contributed by atoms with Gasteiger partial charge in [0.15, 0.2) is 0 Å². The second kappa shape index (κ2) is 9.82. The number of carbonyl (C=O) groups is 4. The van der Waals surface area contributed by atoms with Crippen LogP contribution in [0.3, 0.4) is 0 Å². The maximum atomic E-state index is 13.5. The third kappa shape index (κ3) is 4.42. The number of carboxylic acids is 1. The number of β-lactam (4-membered cyclic amide) rings is 1. The molecule has 4 aliphatic heterocycles. The fraction of sp³-hybridized carbons (Fsp3) is 0.727. The molecule has 7 atom stereocenters. The van der Waals surface area contributed by atoms with Crippen LogP contribution in [0.1, 0.15) is 26.7 Å². The summed E-state index contributed by atoms with van der Waals surface area (Å²) in [6.45, 7) is 4.88. The number of thioether (sulfide) groups is 1. The standard InChI is InChI=1S/C22H32FN5O5S/c1-10-17-16(11(2)26-15(29)8-24-3)21(31)28(17)18(22(32)33)19(10)34-13-6-14(25-7-13)20(30)27-5-4-12(23)9-27/h10-14,16-17,24-25H,4-9H2,1-3H3,(H,26,29)(H,32,33)/t10-,11-,12+,13?,14+,16-,17-/m1/s1. The van der Waals surface area contributed by atoms with Crippen LogP contribution in [0, 0.1) is 11.8 Å². The van der Waals surface area contributed by atoms with Crippen molar-refractivity contribution in [2.75, 3.05) is 33.2 Å². The molecular weight excluding hydrogens is 465 g/mol. The molecule has 3 fully saturated rings. The van der Waals surface area contributed by atoms with E-state index in [2.05, 4.69) is 16.0 Å². The molecule has 4 rings (SSSR count). The number of amides is 3. The number of aliphatic carboxylic acids is 1.